The number of rotatable bonds is 2. The maximum Gasteiger partial charge on any atom is 0.0737 e. The molecule has 0 saturated carbocycles. The Bertz CT molecular complexity index is 475. The average molecular weight is 200 g/mol. The van der Waals surface area contributed by atoms with Crippen LogP contribution in [0, 0.1) is 6.92 Å². The van der Waals surface area contributed by atoms with Gasteiger partial charge >= 0.3 is 0 Å². The van der Waals surface area contributed by atoms with Gasteiger partial charge in [0, 0.05) is 17.6 Å². The summed E-state index contributed by atoms with van der Waals surface area (Å²) in [6.07, 6.45) is 2.75. The molecule has 2 N–H and O–H groups in total. The van der Waals surface area contributed by atoms with Crippen molar-refractivity contribution in [1.82, 2.24) is 4.98 Å². The van der Waals surface area contributed by atoms with Crippen molar-refractivity contribution >= 4 is 10.9 Å². The molecule has 2 nitrogen and oxygen atoms in total. The molecular weight excluding hydrogens is 184 g/mol. The number of hydrogen-bond acceptors (Lipinski definition) is 2. The predicted octanol–water partition coefficient (Wildman–Crippen LogP) is 2.43. The number of benzene rings is 1. The molecule has 0 spiro atoms. The first-order valence-electron chi connectivity index (χ1n) is 5.27. The van der Waals surface area contributed by atoms with Gasteiger partial charge in [-0.15, -0.1) is 0 Å². The molecule has 0 aliphatic carbocycles. The molecule has 15 heavy (non-hydrogen) atoms. The molecule has 0 fully saturated rings. The van der Waals surface area contributed by atoms with Crippen LogP contribution in [-0.2, 0) is 6.42 Å². The van der Waals surface area contributed by atoms with Crippen molar-refractivity contribution in [3.63, 3.8) is 0 Å². The third-order valence-electron chi connectivity index (χ3n) is 2.61. The van der Waals surface area contributed by atoms with Crippen LogP contribution in [0.5, 0.6) is 0 Å². The fraction of sp³-hybridized carbons (Fsp3) is 0.308. The van der Waals surface area contributed by atoms with Crippen LogP contribution in [-0.4, -0.2) is 11.0 Å². The lowest BCUT2D eigenvalue weighted by Crippen LogP contribution is -2.18. The number of pyridine rings is 1. The lowest BCUT2D eigenvalue weighted by Gasteiger charge is -2.09. The highest BCUT2D eigenvalue weighted by molar-refractivity contribution is 5.84. The van der Waals surface area contributed by atoms with Gasteiger partial charge in [0.1, 0.15) is 0 Å². The zero-order valence-electron chi connectivity index (χ0n) is 9.20. The Kier molecular flexibility index (Phi) is 2.69. The summed E-state index contributed by atoms with van der Waals surface area (Å²) in [6.45, 7) is 4.13. The number of para-hydroxylation sites is 1. The first-order valence-corrected chi connectivity index (χ1v) is 5.27. The largest absolute Gasteiger partial charge is 0.328 e. The standard InChI is InChI=1S/C13H16N2/c1-9-6-7-15-13-11(8-10(2)14)4-3-5-12(9)13/h3-7,10H,8,14H2,1-2H3. The van der Waals surface area contributed by atoms with Crippen LogP contribution in [0.2, 0.25) is 0 Å². The van der Waals surface area contributed by atoms with Gasteiger partial charge in [-0.3, -0.25) is 4.98 Å². The van der Waals surface area contributed by atoms with Crippen molar-refractivity contribution < 1.29 is 0 Å². The summed E-state index contributed by atoms with van der Waals surface area (Å²) in [5.41, 5.74) is 9.43. The number of nitrogens with zero attached hydrogens (tertiary/aromatic N) is 1. The lowest BCUT2D eigenvalue weighted by atomic mass is 10.0. The molecular formula is C13H16N2. The molecule has 0 saturated heterocycles. The molecule has 1 heterocycles. The first kappa shape index (κ1) is 10.1. The molecule has 0 aliphatic heterocycles. The second kappa shape index (κ2) is 3.99. The van der Waals surface area contributed by atoms with Crippen LogP contribution in [0.1, 0.15) is 18.1 Å². The van der Waals surface area contributed by atoms with E-state index in [1.807, 2.05) is 19.2 Å². The first-order chi connectivity index (χ1) is 7.18. The summed E-state index contributed by atoms with van der Waals surface area (Å²) in [7, 11) is 0. The zero-order chi connectivity index (χ0) is 10.8. The zero-order valence-corrected chi connectivity index (χ0v) is 9.20. The van der Waals surface area contributed by atoms with Crippen molar-refractivity contribution in [1.29, 1.82) is 0 Å². The van der Waals surface area contributed by atoms with Gasteiger partial charge in [0.05, 0.1) is 5.52 Å². The second-order valence-electron chi connectivity index (χ2n) is 4.12. The topological polar surface area (TPSA) is 38.9 Å². The smallest absolute Gasteiger partial charge is 0.0737 e. The number of fused-ring (bicyclic) bond motifs is 1. The fourth-order valence-electron chi connectivity index (χ4n) is 1.89. The van der Waals surface area contributed by atoms with Gasteiger partial charge in [0.25, 0.3) is 0 Å². The molecule has 0 radical (unpaired) electrons. The van der Waals surface area contributed by atoms with E-state index in [0.717, 1.165) is 11.9 Å². The van der Waals surface area contributed by atoms with E-state index in [0.29, 0.717) is 0 Å². The maximum absolute atomic E-state index is 5.83. The van der Waals surface area contributed by atoms with Crippen LogP contribution in [0.3, 0.4) is 0 Å². The van der Waals surface area contributed by atoms with E-state index in [-0.39, 0.29) is 6.04 Å². The van der Waals surface area contributed by atoms with Gasteiger partial charge in [0.15, 0.2) is 0 Å². The summed E-state index contributed by atoms with van der Waals surface area (Å²) < 4.78 is 0. The monoisotopic (exact) mass is 200 g/mol. The Morgan fingerprint density at radius 2 is 2.13 bits per heavy atom. The molecule has 2 aromatic rings. The van der Waals surface area contributed by atoms with Gasteiger partial charge in [-0.05, 0) is 37.5 Å². The molecule has 0 aliphatic rings. The van der Waals surface area contributed by atoms with Crippen LogP contribution < -0.4 is 5.73 Å². The summed E-state index contributed by atoms with van der Waals surface area (Å²) in [6, 6.07) is 8.52. The Morgan fingerprint density at radius 3 is 2.87 bits per heavy atom. The number of aromatic nitrogens is 1. The van der Waals surface area contributed by atoms with Crippen LogP contribution >= 0.6 is 0 Å². The van der Waals surface area contributed by atoms with Gasteiger partial charge < -0.3 is 5.73 Å². The van der Waals surface area contributed by atoms with Gasteiger partial charge in [-0.25, -0.2) is 0 Å². The van der Waals surface area contributed by atoms with E-state index in [1.54, 1.807) is 0 Å². The highest BCUT2D eigenvalue weighted by Crippen LogP contribution is 2.20. The van der Waals surface area contributed by atoms with Crippen LogP contribution in [0.25, 0.3) is 10.9 Å². The minimum Gasteiger partial charge on any atom is -0.328 e. The maximum atomic E-state index is 5.83. The number of nitrogens with two attached hydrogens (primary N) is 1. The summed E-state index contributed by atoms with van der Waals surface area (Å²) in [5, 5.41) is 1.23. The molecule has 0 bridgehead atoms. The van der Waals surface area contributed by atoms with Crippen molar-refractivity contribution in [3.8, 4) is 0 Å². The number of hydrogen-bond donors (Lipinski definition) is 1. The summed E-state index contributed by atoms with van der Waals surface area (Å²) in [4.78, 5) is 4.44. The average Bonchev–Trinajstić information content (AvgIpc) is 2.19. The highest BCUT2D eigenvalue weighted by atomic mass is 14.7. The van der Waals surface area contributed by atoms with Gasteiger partial charge in [-0.2, -0.15) is 0 Å². The molecule has 78 valence electrons. The van der Waals surface area contributed by atoms with E-state index < -0.39 is 0 Å². The predicted molar refractivity (Wildman–Crippen MR) is 63.8 cm³/mol. The van der Waals surface area contributed by atoms with E-state index in [4.69, 9.17) is 5.73 Å². The molecule has 0 amide bonds. The van der Waals surface area contributed by atoms with Crippen molar-refractivity contribution in [2.45, 2.75) is 26.3 Å². The molecule has 1 atom stereocenters. The van der Waals surface area contributed by atoms with Crippen LogP contribution in [0.4, 0.5) is 0 Å². The third kappa shape index (κ3) is 2.00. The molecule has 2 heteroatoms. The van der Waals surface area contributed by atoms with Crippen molar-refractivity contribution in [2.24, 2.45) is 5.73 Å². The van der Waals surface area contributed by atoms with Crippen molar-refractivity contribution in [2.75, 3.05) is 0 Å². The molecule has 1 unspecified atom stereocenters. The van der Waals surface area contributed by atoms with Gasteiger partial charge in [-0.1, -0.05) is 18.2 Å². The van der Waals surface area contributed by atoms with Crippen molar-refractivity contribution in [3.05, 3.63) is 41.6 Å². The molecule has 1 aromatic carbocycles. The molecule has 2 rings (SSSR count). The molecule has 1 aromatic heterocycles. The van der Waals surface area contributed by atoms with E-state index in [2.05, 4.69) is 30.1 Å². The highest BCUT2D eigenvalue weighted by Gasteiger charge is 2.05. The second-order valence-corrected chi connectivity index (χ2v) is 4.12. The minimum absolute atomic E-state index is 0.179. The van der Waals surface area contributed by atoms with Gasteiger partial charge in [0.2, 0.25) is 0 Å². The van der Waals surface area contributed by atoms with Crippen LogP contribution in [0.15, 0.2) is 30.5 Å². The fourth-order valence-corrected chi connectivity index (χ4v) is 1.89. The van der Waals surface area contributed by atoms with E-state index in [1.165, 1.54) is 16.5 Å². The normalized spacial score (nSPS) is 13.0. The third-order valence-corrected chi connectivity index (χ3v) is 2.61. The Labute approximate surface area is 90.1 Å². The lowest BCUT2D eigenvalue weighted by molar-refractivity contribution is 0.740. The minimum atomic E-state index is 0.179. The summed E-state index contributed by atoms with van der Waals surface area (Å²) in [5.74, 6) is 0. The Balaban J connectivity index is 2.61. The Morgan fingerprint density at radius 1 is 1.33 bits per heavy atom. The quantitative estimate of drug-likeness (QED) is 0.808. The number of aryl methyl sites for hydroxylation is 1. The van der Waals surface area contributed by atoms with E-state index in [9.17, 15) is 0 Å². The van der Waals surface area contributed by atoms with E-state index >= 15 is 0 Å². The Hall–Kier alpha value is -1.41. The summed E-state index contributed by atoms with van der Waals surface area (Å²) >= 11 is 0. The SMILES string of the molecule is Cc1ccnc2c(CC(C)N)cccc12.